The van der Waals surface area contributed by atoms with E-state index >= 15 is 0 Å². The van der Waals surface area contributed by atoms with Crippen molar-refractivity contribution in [2.24, 2.45) is 0 Å². The molecule has 1 aliphatic rings. The first-order valence-corrected chi connectivity index (χ1v) is 18.6. The lowest BCUT2D eigenvalue weighted by molar-refractivity contribution is 1.02. The van der Waals surface area contributed by atoms with Gasteiger partial charge in [-0.15, -0.1) is 22.7 Å². The molecule has 50 heavy (non-hydrogen) atoms. The third-order valence-electron chi connectivity index (χ3n) is 10.7. The molecule has 0 aliphatic heterocycles. The number of para-hydroxylation sites is 1. The molecule has 0 N–H and O–H groups in total. The maximum Gasteiger partial charge on any atom is 0.235 e. The van der Waals surface area contributed by atoms with Crippen molar-refractivity contribution in [2.75, 3.05) is 0 Å². The van der Waals surface area contributed by atoms with Gasteiger partial charge in [0, 0.05) is 52.0 Å². The van der Waals surface area contributed by atoms with E-state index in [2.05, 4.69) is 144 Å². The summed E-state index contributed by atoms with van der Waals surface area (Å²) in [5.74, 6) is 0.710. The minimum Gasteiger partial charge on any atom is -0.277 e. The summed E-state index contributed by atoms with van der Waals surface area (Å²) in [6, 6.07) is 50.8. The lowest BCUT2D eigenvalue weighted by Gasteiger charge is -2.13. The first-order valence-electron chi connectivity index (χ1n) is 17.0. The summed E-state index contributed by atoms with van der Waals surface area (Å²) in [5, 5.41) is 8.73. The van der Waals surface area contributed by atoms with Gasteiger partial charge in [0.1, 0.15) is 0 Å². The van der Waals surface area contributed by atoms with Crippen molar-refractivity contribution < 1.29 is 0 Å². The van der Waals surface area contributed by atoms with Crippen LogP contribution in [0.25, 0.3) is 101 Å². The Morgan fingerprint density at radius 3 is 2.00 bits per heavy atom. The number of hydrogen-bond acceptors (Lipinski definition) is 4. The number of aromatic nitrogens is 3. The van der Waals surface area contributed by atoms with Crippen LogP contribution in [0.3, 0.4) is 0 Å². The van der Waals surface area contributed by atoms with Gasteiger partial charge in [-0.25, -0.2) is 9.97 Å². The van der Waals surface area contributed by atoms with E-state index in [0.717, 1.165) is 27.8 Å². The highest BCUT2D eigenvalue weighted by Crippen LogP contribution is 2.49. The van der Waals surface area contributed by atoms with Crippen LogP contribution in [0.4, 0.5) is 0 Å². The molecule has 0 fully saturated rings. The molecular formula is C45H25N3S2. The molecule has 0 saturated carbocycles. The average molecular weight is 672 g/mol. The molecule has 0 radical (unpaired) electrons. The Kier molecular flexibility index (Phi) is 5.32. The van der Waals surface area contributed by atoms with Crippen LogP contribution in [-0.4, -0.2) is 14.5 Å². The lowest BCUT2D eigenvalue weighted by atomic mass is 9.98. The smallest absolute Gasteiger partial charge is 0.235 e. The van der Waals surface area contributed by atoms with E-state index in [1.54, 1.807) is 11.3 Å². The molecule has 1 aliphatic carbocycles. The van der Waals surface area contributed by atoms with Gasteiger partial charge in [0.05, 0.1) is 26.9 Å². The molecule has 0 atom stereocenters. The number of benzene rings is 7. The predicted molar refractivity (Wildman–Crippen MR) is 213 cm³/mol. The molecule has 7 aromatic carbocycles. The van der Waals surface area contributed by atoms with Gasteiger partial charge in [0.2, 0.25) is 5.95 Å². The first-order chi connectivity index (χ1) is 24.8. The summed E-state index contributed by atoms with van der Waals surface area (Å²) in [5.41, 5.74) is 10.9. The Morgan fingerprint density at radius 2 is 1.12 bits per heavy atom. The average Bonchev–Trinajstić information content (AvgIpc) is 3.93. The molecular weight excluding hydrogens is 647 g/mol. The van der Waals surface area contributed by atoms with Crippen LogP contribution < -0.4 is 0 Å². The van der Waals surface area contributed by atoms with Gasteiger partial charge in [-0.1, -0.05) is 121 Å². The SMILES string of the molecule is c1ccc2c(c1)Cc1c-2cccc1-c1nc(-n2c3ccccc3c3c4ccccc4c4sc5ccccc5c4c32)nc2c1sc1ccccc12. The van der Waals surface area contributed by atoms with Crippen LogP contribution in [0.5, 0.6) is 0 Å². The normalized spacial score (nSPS) is 12.7. The maximum atomic E-state index is 5.67. The van der Waals surface area contributed by atoms with E-state index in [0.29, 0.717) is 5.95 Å². The summed E-state index contributed by atoms with van der Waals surface area (Å²) in [4.78, 5) is 11.2. The van der Waals surface area contributed by atoms with Crippen LogP contribution in [0.2, 0.25) is 0 Å². The molecule has 3 nitrogen and oxygen atoms in total. The van der Waals surface area contributed by atoms with E-state index in [1.807, 2.05) is 11.3 Å². The molecule has 0 amide bonds. The van der Waals surface area contributed by atoms with E-state index in [-0.39, 0.29) is 0 Å². The minimum absolute atomic E-state index is 0.710. The standard InChI is InChI=1S/C45H25N3S2/c1-2-13-26-25(12-1)24-34-27(26)19-11-20-29(34)40-44-41(33-18-7-10-23-37(33)50-44)47-45(46-40)48-35-21-8-5-16-31(35)38-28-14-3-4-15-30(28)43-39(42(38)48)32-17-6-9-22-36(32)49-43/h1-23H,24H2. The number of nitrogens with zero attached hydrogens (tertiary/aromatic N) is 3. The largest absolute Gasteiger partial charge is 0.277 e. The fraction of sp³-hybridized carbons (Fsp3) is 0.0222. The van der Waals surface area contributed by atoms with Crippen molar-refractivity contribution in [1.82, 2.24) is 14.5 Å². The maximum absolute atomic E-state index is 5.67. The summed E-state index contributed by atoms with van der Waals surface area (Å²) in [6.45, 7) is 0. The summed E-state index contributed by atoms with van der Waals surface area (Å²) < 4.78 is 7.32. The molecule has 4 heterocycles. The van der Waals surface area contributed by atoms with Crippen LogP contribution in [-0.2, 0) is 6.42 Å². The van der Waals surface area contributed by atoms with Crippen molar-refractivity contribution in [3.05, 3.63) is 151 Å². The molecule has 0 bridgehead atoms. The van der Waals surface area contributed by atoms with Gasteiger partial charge >= 0.3 is 0 Å². The third-order valence-corrected chi connectivity index (χ3v) is 13.0. The predicted octanol–water partition coefficient (Wildman–Crippen LogP) is 12.7. The van der Waals surface area contributed by atoms with Gasteiger partial charge in [0.25, 0.3) is 0 Å². The Morgan fingerprint density at radius 1 is 0.480 bits per heavy atom. The van der Waals surface area contributed by atoms with Crippen molar-refractivity contribution in [2.45, 2.75) is 6.42 Å². The van der Waals surface area contributed by atoms with Gasteiger partial charge in [0.15, 0.2) is 0 Å². The fourth-order valence-electron chi connectivity index (χ4n) is 8.57. The summed E-state index contributed by atoms with van der Waals surface area (Å²) >= 11 is 3.68. The van der Waals surface area contributed by atoms with Crippen LogP contribution in [0.1, 0.15) is 11.1 Å². The molecule has 232 valence electrons. The molecule has 4 aromatic heterocycles. The summed E-state index contributed by atoms with van der Waals surface area (Å²) in [7, 11) is 0. The number of rotatable bonds is 2. The molecule has 0 spiro atoms. The molecule has 0 saturated heterocycles. The van der Waals surface area contributed by atoms with E-state index in [9.17, 15) is 0 Å². The molecule has 5 heteroatoms. The molecule has 11 aromatic rings. The van der Waals surface area contributed by atoms with E-state index in [1.165, 1.54) is 85.1 Å². The third kappa shape index (κ3) is 3.48. The quantitative estimate of drug-likeness (QED) is 0.183. The zero-order valence-electron chi connectivity index (χ0n) is 26.6. The van der Waals surface area contributed by atoms with E-state index in [4.69, 9.17) is 9.97 Å². The Balaban J connectivity index is 1.28. The zero-order valence-corrected chi connectivity index (χ0v) is 28.3. The highest BCUT2D eigenvalue weighted by Gasteiger charge is 2.27. The highest BCUT2D eigenvalue weighted by atomic mass is 32.1. The fourth-order valence-corrected chi connectivity index (χ4v) is 11.0. The number of thiophene rings is 2. The van der Waals surface area contributed by atoms with Gasteiger partial charge in [-0.3, -0.25) is 4.57 Å². The van der Waals surface area contributed by atoms with Crippen molar-refractivity contribution >= 4 is 95.7 Å². The molecule has 0 unspecified atom stereocenters. The van der Waals surface area contributed by atoms with Crippen LogP contribution in [0.15, 0.2) is 140 Å². The topological polar surface area (TPSA) is 30.7 Å². The van der Waals surface area contributed by atoms with Gasteiger partial charge < -0.3 is 0 Å². The van der Waals surface area contributed by atoms with Crippen molar-refractivity contribution in [3.63, 3.8) is 0 Å². The van der Waals surface area contributed by atoms with E-state index < -0.39 is 0 Å². The first kappa shape index (κ1) is 27.0. The van der Waals surface area contributed by atoms with Crippen molar-refractivity contribution in [3.8, 4) is 28.3 Å². The second kappa shape index (κ2) is 9.85. The number of fused-ring (bicyclic) bond motifs is 16. The van der Waals surface area contributed by atoms with Crippen molar-refractivity contribution in [1.29, 1.82) is 0 Å². The highest BCUT2D eigenvalue weighted by molar-refractivity contribution is 7.27. The Hall–Kier alpha value is -5.88. The second-order valence-corrected chi connectivity index (χ2v) is 15.3. The van der Waals surface area contributed by atoms with Crippen LogP contribution >= 0.6 is 22.7 Å². The van der Waals surface area contributed by atoms with Crippen LogP contribution in [0, 0.1) is 0 Å². The zero-order chi connectivity index (χ0) is 32.5. The Labute approximate surface area is 294 Å². The van der Waals surface area contributed by atoms with Gasteiger partial charge in [-0.2, -0.15) is 0 Å². The second-order valence-electron chi connectivity index (χ2n) is 13.2. The lowest BCUT2D eigenvalue weighted by Crippen LogP contribution is -2.03. The number of hydrogen-bond donors (Lipinski definition) is 0. The monoisotopic (exact) mass is 671 g/mol. The molecule has 12 rings (SSSR count). The van der Waals surface area contributed by atoms with Gasteiger partial charge in [-0.05, 0) is 52.3 Å². The minimum atomic E-state index is 0.710. The Bertz CT molecular complexity index is 3250. The summed E-state index contributed by atoms with van der Waals surface area (Å²) in [6.07, 6.45) is 0.899.